The molecule has 0 aliphatic heterocycles. The van der Waals surface area contributed by atoms with Crippen molar-refractivity contribution in [3.63, 3.8) is 0 Å². The molecule has 3 heteroatoms. The zero-order valence-electron chi connectivity index (χ0n) is 24.9. The van der Waals surface area contributed by atoms with Gasteiger partial charge in [0.1, 0.15) is 0 Å². The Morgan fingerprint density at radius 1 is 0.370 bits per heavy atom. The molecule has 9 aromatic rings. The molecule has 0 aliphatic carbocycles. The van der Waals surface area contributed by atoms with Gasteiger partial charge in [0.05, 0.1) is 28.3 Å². The summed E-state index contributed by atoms with van der Waals surface area (Å²) in [5.74, 6) is 0. The number of aromatic nitrogens is 3. The number of nitrogens with zero attached hydrogens (tertiary/aromatic N) is 3. The van der Waals surface area contributed by atoms with Crippen LogP contribution >= 0.6 is 0 Å². The van der Waals surface area contributed by atoms with E-state index in [0.29, 0.717) is 0 Å². The Morgan fingerprint density at radius 3 is 1.98 bits per heavy atom. The Morgan fingerprint density at radius 2 is 1.09 bits per heavy atom. The van der Waals surface area contributed by atoms with Crippen LogP contribution in [0, 0.1) is 0 Å². The standard InChI is InChI=1S/C43H27N3/c1-2-12-29-25-32(23-22-28(29)11-1)43-37-27-36(33-15-3-4-16-34(33)42(37)35-17-5-6-18-39(35)46-43)30-13-9-14-31(26-30)38-20-10-21-41(45-38)40-19-7-8-24-44-40/h1-27H. The van der Waals surface area contributed by atoms with Crippen molar-refractivity contribution in [3.8, 4) is 45.0 Å². The van der Waals surface area contributed by atoms with Crippen LogP contribution in [-0.4, -0.2) is 15.0 Å². The molecular weight excluding hydrogens is 558 g/mol. The first-order valence-corrected chi connectivity index (χ1v) is 15.5. The molecule has 0 atom stereocenters. The quantitative estimate of drug-likeness (QED) is 0.193. The van der Waals surface area contributed by atoms with Crippen molar-refractivity contribution in [2.24, 2.45) is 0 Å². The lowest BCUT2D eigenvalue weighted by atomic mass is 9.89. The third-order valence-electron chi connectivity index (χ3n) is 8.87. The van der Waals surface area contributed by atoms with Crippen LogP contribution < -0.4 is 0 Å². The number of rotatable bonds is 4. The third-order valence-corrected chi connectivity index (χ3v) is 8.87. The second-order valence-electron chi connectivity index (χ2n) is 11.6. The zero-order valence-corrected chi connectivity index (χ0v) is 24.9. The average molecular weight is 586 g/mol. The molecule has 6 aromatic carbocycles. The van der Waals surface area contributed by atoms with E-state index in [2.05, 4.69) is 138 Å². The number of para-hydroxylation sites is 1. The topological polar surface area (TPSA) is 38.7 Å². The summed E-state index contributed by atoms with van der Waals surface area (Å²) in [5.41, 5.74) is 9.11. The summed E-state index contributed by atoms with van der Waals surface area (Å²) in [5, 5.41) is 8.39. The van der Waals surface area contributed by atoms with E-state index in [4.69, 9.17) is 9.97 Å². The van der Waals surface area contributed by atoms with E-state index in [1.165, 1.54) is 32.5 Å². The molecule has 0 spiro atoms. The van der Waals surface area contributed by atoms with Gasteiger partial charge in [0.2, 0.25) is 0 Å². The minimum Gasteiger partial charge on any atom is -0.255 e. The monoisotopic (exact) mass is 585 g/mol. The van der Waals surface area contributed by atoms with Gasteiger partial charge >= 0.3 is 0 Å². The maximum Gasteiger partial charge on any atom is 0.0893 e. The van der Waals surface area contributed by atoms with Crippen LogP contribution in [0.25, 0.3) is 88.2 Å². The molecule has 9 rings (SSSR count). The van der Waals surface area contributed by atoms with Gasteiger partial charge in [-0.15, -0.1) is 0 Å². The van der Waals surface area contributed by atoms with E-state index in [1.54, 1.807) is 6.20 Å². The van der Waals surface area contributed by atoms with Gasteiger partial charge in [-0.25, -0.2) is 9.97 Å². The first kappa shape index (κ1) is 26.2. The predicted octanol–water partition coefficient (Wildman–Crippen LogP) is 11.2. The number of hydrogen-bond donors (Lipinski definition) is 0. The highest BCUT2D eigenvalue weighted by Gasteiger charge is 2.17. The van der Waals surface area contributed by atoms with E-state index in [-0.39, 0.29) is 0 Å². The molecule has 0 bridgehead atoms. The van der Waals surface area contributed by atoms with E-state index in [9.17, 15) is 0 Å². The van der Waals surface area contributed by atoms with Crippen molar-refractivity contribution >= 4 is 43.2 Å². The highest BCUT2D eigenvalue weighted by atomic mass is 14.8. The molecule has 0 N–H and O–H groups in total. The largest absolute Gasteiger partial charge is 0.255 e. The van der Waals surface area contributed by atoms with Crippen LogP contribution in [-0.2, 0) is 0 Å². The number of benzene rings is 6. The maximum atomic E-state index is 5.31. The van der Waals surface area contributed by atoms with Gasteiger partial charge in [-0.1, -0.05) is 109 Å². The molecule has 0 saturated heterocycles. The molecular formula is C43H27N3. The predicted molar refractivity (Wildman–Crippen MR) is 192 cm³/mol. The zero-order chi connectivity index (χ0) is 30.5. The Hall–Kier alpha value is -6.19. The molecule has 3 aromatic heterocycles. The van der Waals surface area contributed by atoms with E-state index >= 15 is 0 Å². The Balaban J connectivity index is 1.30. The molecule has 3 nitrogen and oxygen atoms in total. The Bertz CT molecular complexity index is 2590. The van der Waals surface area contributed by atoms with Crippen LogP contribution in [0.2, 0.25) is 0 Å². The lowest BCUT2D eigenvalue weighted by Gasteiger charge is -2.17. The summed E-state index contributed by atoms with van der Waals surface area (Å²) in [4.78, 5) is 14.8. The first-order valence-electron chi connectivity index (χ1n) is 15.5. The highest BCUT2D eigenvalue weighted by molar-refractivity contribution is 6.25. The van der Waals surface area contributed by atoms with Gasteiger partial charge in [-0.2, -0.15) is 0 Å². The van der Waals surface area contributed by atoms with Crippen molar-refractivity contribution in [2.75, 3.05) is 0 Å². The number of fused-ring (bicyclic) bond motifs is 6. The van der Waals surface area contributed by atoms with Gasteiger partial charge in [-0.05, 0) is 81.2 Å². The normalized spacial score (nSPS) is 11.5. The second kappa shape index (κ2) is 10.8. The van der Waals surface area contributed by atoms with Crippen LogP contribution in [0.1, 0.15) is 0 Å². The van der Waals surface area contributed by atoms with Gasteiger partial charge in [0, 0.05) is 33.5 Å². The van der Waals surface area contributed by atoms with E-state index < -0.39 is 0 Å². The Kier molecular flexibility index (Phi) is 6.14. The van der Waals surface area contributed by atoms with Crippen LogP contribution in [0.3, 0.4) is 0 Å². The lowest BCUT2D eigenvalue weighted by molar-refractivity contribution is 1.25. The molecule has 0 amide bonds. The van der Waals surface area contributed by atoms with Crippen LogP contribution in [0.5, 0.6) is 0 Å². The van der Waals surface area contributed by atoms with Crippen molar-refractivity contribution in [2.45, 2.75) is 0 Å². The minimum absolute atomic E-state index is 0.859. The first-order chi connectivity index (χ1) is 22.8. The summed E-state index contributed by atoms with van der Waals surface area (Å²) in [6.07, 6.45) is 1.80. The van der Waals surface area contributed by atoms with Crippen molar-refractivity contribution in [1.82, 2.24) is 15.0 Å². The van der Waals surface area contributed by atoms with E-state index in [1.807, 2.05) is 24.3 Å². The van der Waals surface area contributed by atoms with Gasteiger partial charge in [0.25, 0.3) is 0 Å². The number of hydrogen-bond acceptors (Lipinski definition) is 3. The molecule has 214 valence electrons. The van der Waals surface area contributed by atoms with Gasteiger partial charge < -0.3 is 0 Å². The van der Waals surface area contributed by atoms with Gasteiger partial charge in [0.15, 0.2) is 0 Å². The summed E-state index contributed by atoms with van der Waals surface area (Å²) >= 11 is 0. The minimum atomic E-state index is 0.859. The van der Waals surface area contributed by atoms with Crippen molar-refractivity contribution in [3.05, 3.63) is 164 Å². The molecule has 0 saturated carbocycles. The molecule has 0 radical (unpaired) electrons. The fourth-order valence-corrected chi connectivity index (χ4v) is 6.71. The molecule has 3 heterocycles. The summed E-state index contributed by atoms with van der Waals surface area (Å²) in [6.45, 7) is 0. The number of pyridine rings is 3. The lowest BCUT2D eigenvalue weighted by Crippen LogP contribution is -1.93. The molecule has 0 aliphatic rings. The van der Waals surface area contributed by atoms with Crippen molar-refractivity contribution in [1.29, 1.82) is 0 Å². The molecule has 0 fully saturated rings. The fraction of sp³-hybridized carbons (Fsp3) is 0. The van der Waals surface area contributed by atoms with Crippen molar-refractivity contribution < 1.29 is 0 Å². The highest BCUT2D eigenvalue weighted by Crippen LogP contribution is 2.42. The fourth-order valence-electron chi connectivity index (χ4n) is 6.71. The molecule has 0 unspecified atom stereocenters. The second-order valence-corrected chi connectivity index (χ2v) is 11.6. The summed E-state index contributed by atoms with van der Waals surface area (Å²) in [7, 11) is 0. The maximum absolute atomic E-state index is 5.31. The van der Waals surface area contributed by atoms with Crippen LogP contribution in [0.15, 0.2) is 164 Å². The third kappa shape index (κ3) is 4.41. The van der Waals surface area contributed by atoms with Gasteiger partial charge in [-0.3, -0.25) is 4.98 Å². The average Bonchev–Trinajstić information content (AvgIpc) is 3.14. The smallest absolute Gasteiger partial charge is 0.0893 e. The molecule has 46 heavy (non-hydrogen) atoms. The summed E-state index contributed by atoms with van der Waals surface area (Å²) in [6, 6.07) is 55.5. The van der Waals surface area contributed by atoms with E-state index in [0.717, 1.165) is 55.8 Å². The van der Waals surface area contributed by atoms with Crippen LogP contribution in [0.4, 0.5) is 0 Å². The summed E-state index contributed by atoms with van der Waals surface area (Å²) < 4.78 is 0. The Labute approximate surface area is 266 Å². The SMILES string of the molecule is c1ccc(-c2cccc(-c3cccc(-c4cc5c(-c6ccc7ccccc7c6)nc6ccccc6c5c5ccccc45)c3)n2)nc1.